The maximum Gasteiger partial charge on any atom is 0.127 e. The van der Waals surface area contributed by atoms with Crippen LogP contribution < -0.4 is 4.74 Å². The summed E-state index contributed by atoms with van der Waals surface area (Å²) in [4.78, 5) is 4.83. The van der Waals surface area contributed by atoms with Crippen LogP contribution in [-0.4, -0.2) is 19.4 Å². The zero-order valence-electron chi connectivity index (χ0n) is 17.5. The molecular formula is C27H27NO. The third-order valence-electron chi connectivity index (χ3n) is 5.73. The van der Waals surface area contributed by atoms with E-state index in [0.717, 1.165) is 16.9 Å². The predicted molar refractivity (Wildman–Crippen MR) is 125 cm³/mol. The number of benzene rings is 4. The van der Waals surface area contributed by atoms with Gasteiger partial charge in [-0.25, -0.2) is 0 Å². The summed E-state index contributed by atoms with van der Waals surface area (Å²) < 4.78 is 5.79. The molecule has 0 fully saturated rings. The third-order valence-corrected chi connectivity index (χ3v) is 5.73. The van der Waals surface area contributed by atoms with Crippen LogP contribution in [-0.2, 0) is 0 Å². The Morgan fingerprint density at radius 1 is 0.793 bits per heavy atom. The average molecular weight is 382 g/mol. The molecular weight excluding hydrogens is 354 g/mol. The van der Waals surface area contributed by atoms with Crippen LogP contribution in [0.25, 0.3) is 32.7 Å². The van der Waals surface area contributed by atoms with Crippen molar-refractivity contribution in [2.75, 3.05) is 7.11 Å². The Kier molecular flexibility index (Phi) is 5.35. The van der Waals surface area contributed by atoms with Crippen molar-refractivity contribution in [3.05, 3.63) is 78.4 Å². The molecule has 146 valence electrons. The maximum absolute atomic E-state index is 5.79. The minimum atomic E-state index is 0.282. The highest BCUT2D eigenvalue weighted by Crippen LogP contribution is 2.41. The number of hydrogen-bond acceptors (Lipinski definition) is 2. The van der Waals surface area contributed by atoms with Crippen LogP contribution in [0.4, 0.5) is 0 Å². The van der Waals surface area contributed by atoms with Crippen molar-refractivity contribution < 1.29 is 4.74 Å². The molecule has 0 unspecified atom stereocenters. The Hall–Kier alpha value is -3.13. The number of ether oxygens (including phenoxy) is 1. The van der Waals surface area contributed by atoms with Gasteiger partial charge in [-0.15, -0.1) is 0 Å². The molecule has 4 aromatic carbocycles. The summed E-state index contributed by atoms with van der Waals surface area (Å²) in [6.07, 6.45) is 2.04. The molecule has 0 aliphatic heterocycles. The predicted octanol–water partition coefficient (Wildman–Crippen LogP) is 7.13. The molecule has 0 bridgehead atoms. The van der Waals surface area contributed by atoms with Crippen molar-refractivity contribution >= 4 is 27.8 Å². The van der Waals surface area contributed by atoms with Gasteiger partial charge >= 0.3 is 0 Å². The minimum Gasteiger partial charge on any atom is -0.496 e. The van der Waals surface area contributed by atoms with Crippen molar-refractivity contribution in [3.63, 3.8) is 0 Å². The van der Waals surface area contributed by atoms with Crippen LogP contribution in [0, 0.1) is 5.92 Å². The quantitative estimate of drug-likeness (QED) is 0.337. The molecule has 2 nitrogen and oxygen atoms in total. The summed E-state index contributed by atoms with van der Waals surface area (Å²) in [5.74, 6) is 1.40. The topological polar surface area (TPSA) is 21.6 Å². The second kappa shape index (κ2) is 8.08. The zero-order chi connectivity index (χ0) is 20.4. The van der Waals surface area contributed by atoms with Crippen molar-refractivity contribution in [3.8, 4) is 16.9 Å². The summed E-state index contributed by atoms with van der Waals surface area (Å²) in [5, 5.41) is 4.82. The lowest BCUT2D eigenvalue weighted by Gasteiger charge is -2.16. The van der Waals surface area contributed by atoms with Crippen molar-refractivity contribution in [2.45, 2.75) is 26.8 Å². The van der Waals surface area contributed by atoms with E-state index in [1.165, 1.54) is 27.1 Å². The van der Waals surface area contributed by atoms with E-state index in [0.29, 0.717) is 5.92 Å². The van der Waals surface area contributed by atoms with Gasteiger partial charge in [0.25, 0.3) is 0 Å². The minimum absolute atomic E-state index is 0.282. The van der Waals surface area contributed by atoms with Crippen molar-refractivity contribution in [1.82, 2.24) is 0 Å². The van der Waals surface area contributed by atoms with Gasteiger partial charge < -0.3 is 4.74 Å². The SMILES string of the molecule is COc1ccc2ccccc2c1-c1cccc2cccc(C=N[C@@H](C)C(C)C)c12. The van der Waals surface area contributed by atoms with Gasteiger partial charge in [-0.3, -0.25) is 4.99 Å². The van der Waals surface area contributed by atoms with E-state index in [1.54, 1.807) is 7.11 Å². The Morgan fingerprint density at radius 2 is 1.52 bits per heavy atom. The van der Waals surface area contributed by atoms with Gasteiger partial charge in [-0.1, -0.05) is 80.6 Å². The van der Waals surface area contributed by atoms with Crippen molar-refractivity contribution in [1.29, 1.82) is 0 Å². The molecule has 0 aliphatic rings. The molecule has 29 heavy (non-hydrogen) atoms. The lowest BCUT2D eigenvalue weighted by atomic mass is 9.91. The molecule has 4 rings (SSSR count). The molecule has 0 aliphatic carbocycles. The molecule has 2 heteroatoms. The Balaban J connectivity index is 2.02. The van der Waals surface area contributed by atoms with Gasteiger partial charge in [0.2, 0.25) is 0 Å². The number of nitrogens with zero attached hydrogens (tertiary/aromatic N) is 1. The van der Waals surface area contributed by atoms with Gasteiger partial charge in [0.15, 0.2) is 0 Å². The number of rotatable bonds is 5. The van der Waals surface area contributed by atoms with E-state index >= 15 is 0 Å². The maximum atomic E-state index is 5.79. The second-order valence-electron chi connectivity index (χ2n) is 7.88. The Morgan fingerprint density at radius 3 is 2.28 bits per heavy atom. The van der Waals surface area contributed by atoms with E-state index in [1.807, 2.05) is 6.21 Å². The highest BCUT2D eigenvalue weighted by molar-refractivity contribution is 6.12. The summed E-state index contributed by atoms with van der Waals surface area (Å²) in [7, 11) is 1.74. The van der Waals surface area contributed by atoms with E-state index in [4.69, 9.17) is 9.73 Å². The first-order chi connectivity index (χ1) is 14.1. The standard InChI is InChI=1S/C27H27NO/c1-18(2)19(3)28-17-22-12-7-10-21-11-8-14-24(26(21)22)27-23-13-6-5-9-20(23)15-16-25(27)29-4/h5-19H,1-4H3/t19-/m0/s1. The van der Waals surface area contributed by atoms with Crippen LogP contribution >= 0.6 is 0 Å². The summed E-state index contributed by atoms with van der Waals surface area (Å²) in [6.45, 7) is 6.58. The van der Waals surface area contributed by atoms with Crippen LogP contribution in [0.1, 0.15) is 26.3 Å². The summed E-state index contributed by atoms with van der Waals surface area (Å²) in [5.41, 5.74) is 3.45. The van der Waals surface area contributed by atoms with Gasteiger partial charge in [0.05, 0.1) is 7.11 Å². The first kappa shape index (κ1) is 19.2. The fraction of sp³-hybridized carbons (Fsp3) is 0.222. The van der Waals surface area contributed by atoms with E-state index in [2.05, 4.69) is 93.6 Å². The van der Waals surface area contributed by atoms with Crippen molar-refractivity contribution in [2.24, 2.45) is 10.9 Å². The molecule has 0 heterocycles. The van der Waals surface area contributed by atoms with Crippen LogP contribution in [0.3, 0.4) is 0 Å². The largest absolute Gasteiger partial charge is 0.496 e. The summed E-state index contributed by atoms with van der Waals surface area (Å²) >= 11 is 0. The molecule has 0 saturated heterocycles. The van der Waals surface area contributed by atoms with E-state index in [-0.39, 0.29) is 6.04 Å². The Bertz CT molecular complexity index is 1180. The van der Waals surface area contributed by atoms with Crippen LogP contribution in [0.5, 0.6) is 5.75 Å². The van der Waals surface area contributed by atoms with Gasteiger partial charge in [0.1, 0.15) is 5.75 Å². The number of hydrogen-bond donors (Lipinski definition) is 0. The fourth-order valence-corrected chi connectivity index (χ4v) is 3.76. The zero-order valence-corrected chi connectivity index (χ0v) is 17.5. The first-order valence-corrected chi connectivity index (χ1v) is 10.2. The average Bonchev–Trinajstić information content (AvgIpc) is 2.76. The molecule has 1 atom stereocenters. The normalized spacial score (nSPS) is 12.9. The lowest BCUT2D eigenvalue weighted by Crippen LogP contribution is -2.07. The number of fused-ring (bicyclic) bond motifs is 2. The molecule has 4 aromatic rings. The Labute approximate surface area is 172 Å². The smallest absolute Gasteiger partial charge is 0.127 e. The molecule has 0 N–H and O–H groups in total. The van der Waals surface area contributed by atoms with Crippen LogP contribution in [0.2, 0.25) is 0 Å². The molecule has 0 spiro atoms. The van der Waals surface area contributed by atoms with E-state index < -0.39 is 0 Å². The van der Waals surface area contributed by atoms with Crippen LogP contribution in [0.15, 0.2) is 77.8 Å². The van der Waals surface area contributed by atoms with Gasteiger partial charge in [-0.05, 0) is 46.0 Å². The third kappa shape index (κ3) is 3.63. The lowest BCUT2D eigenvalue weighted by molar-refractivity contribution is 0.417. The number of aliphatic imine (C=N–C) groups is 1. The molecule has 0 radical (unpaired) electrons. The molecule has 0 aromatic heterocycles. The monoisotopic (exact) mass is 381 g/mol. The molecule has 0 amide bonds. The van der Waals surface area contributed by atoms with E-state index in [9.17, 15) is 0 Å². The highest BCUT2D eigenvalue weighted by Gasteiger charge is 2.15. The second-order valence-corrected chi connectivity index (χ2v) is 7.88. The van der Waals surface area contributed by atoms with Gasteiger partial charge in [0, 0.05) is 23.4 Å². The first-order valence-electron chi connectivity index (χ1n) is 10.2. The number of methoxy groups -OCH3 is 1. The highest BCUT2D eigenvalue weighted by atomic mass is 16.5. The fourth-order valence-electron chi connectivity index (χ4n) is 3.76. The van der Waals surface area contributed by atoms with Gasteiger partial charge in [-0.2, -0.15) is 0 Å². The molecule has 0 saturated carbocycles. The summed E-state index contributed by atoms with van der Waals surface area (Å²) in [6, 6.07) is 25.9.